The van der Waals surface area contributed by atoms with E-state index in [-0.39, 0.29) is 18.0 Å². The number of guanidine groups is 1. The number of halogens is 1. The molecule has 134 valence electrons. The van der Waals surface area contributed by atoms with Crippen molar-refractivity contribution in [3.8, 4) is 0 Å². The first kappa shape index (κ1) is 18.7. The number of ether oxygens (including phenoxy) is 1. The van der Waals surface area contributed by atoms with Gasteiger partial charge in [0.1, 0.15) is 5.82 Å². The van der Waals surface area contributed by atoms with E-state index in [9.17, 15) is 4.39 Å². The lowest BCUT2D eigenvalue weighted by molar-refractivity contribution is 0.114. The molecule has 0 aromatic heterocycles. The Kier molecular flexibility index (Phi) is 7.46. The zero-order chi connectivity index (χ0) is 17.4. The first-order chi connectivity index (χ1) is 11.6. The second-order valence-electron chi connectivity index (χ2n) is 6.27. The Morgan fingerprint density at radius 3 is 2.88 bits per heavy atom. The summed E-state index contributed by atoms with van der Waals surface area (Å²) in [5.41, 5.74) is 0.929. The number of nitrogens with one attached hydrogen (secondary N) is 2. The van der Waals surface area contributed by atoms with Gasteiger partial charge in [0.25, 0.3) is 0 Å². The average Bonchev–Trinajstić information content (AvgIpc) is 3.06. The van der Waals surface area contributed by atoms with E-state index in [1.54, 1.807) is 12.1 Å². The van der Waals surface area contributed by atoms with Gasteiger partial charge in [-0.05, 0) is 51.6 Å². The normalized spacial score (nSPS) is 19.5. The predicted molar refractivity (Wildman–Crippen MR) is 95.8 cm³/mol. The predicted octanol–water partition coefficient (Wildman–Crippen LogP) is 2.16. The highest BCUT2D eigenvalue weighted by Crippen LogP contribution is 2.19. The molecule has 1 aliphatic heterocycles. The van der Waals surface area contributed by atoms with Crippen molar-refractivity contribution in [2.45, 2.75) is 31.9 Å². The van der Waals surface area contributed by atoms with Gasteiger partial charge in [-0.3, -0.25) is 4.99 Å². The molecule has 1 saturated heterocycles. The van der Waals surface area contributed by atoms with Gasteiger partial charge in [0.2, 0.25) is 0 Å². The van der Waals surface area contributed by atoms with Gasteiger partial charge in [-0.25, -0.2) is 4.39 Å². The minimum Gasteiger partial charge on any atom is -0.376 e. The third-order valence-corrected chi connectivity index (χ3v) is 4.14. The van der Waals surface area contributed by atoms with Crippen molar-refractivity contribution in [1.29, 1.82) is 0 Å². The van der Waals surface area contributed by atoms with Crippen LogP contribution in [0.3, 0.4) is 0 Å². The van der Waals surface area contributed by atoms with E-state index in [2.05, 4.69) is 20.5 Å². The summed E-state index contributed by atoms with van der Waals surface area (Å²) in [6.07, 6.45) is 2.49. The quantitative estimate of drug-likeness (QED) is 0.592. The van der Waals surface area contributed by atoms with Gasteiger partial charge in [0, 0.05) is 19.7 Å². The topological polar surface area (TPSA) is 48.9 Å². The SMILES string of the molecule is CCNC(=NCC(c1cccc(F)c1)N(C)C)NCC1CCCO1. The maximum Gasteiger partial charge on any atom is 0.191 e. The number of benzene rings is 1. The molecule has 1 aliphatic rings. The second kappa shape index (κ2) is 9.59. The molecule has 5 nitrogen and oxygen atoms in total. The maximum atomic E-state index is 13.5. The van der Waals surface area contributed by atoms with Crippen molar-refractivity contribution in [2.24, 2.45) is 4.99 Å². The lowest BCUT2D eigenvalue weighted by atomic mass is 10.1. The Morgan fingerprint density at radius 1 is 1.42 bits per heavy atom. The van der Waals surface area contributed by atoms with Gasteiger partial charge < -0.3 is 20.3 Å². The van der Waals surface area contributed by atoms with Crippen LogP contribution >= 0.6 is 0 Å². The van der Waals surface area contributed by atoms with E-state index in [0.717, 1.165) is 44.1 Å². The summed E-state index contributed by atoms with van der Waals surface area (Å²) < 4.78 is 19.1. The van der Waals surface area contributed by atoms with Crippen LogP contribution in [0.2, 0.25) is 0 Å². The van der Waals surface area contributed by atoms with Crippen molar-refractivity contribution in [3.05, 3.63) is 35.6 Å². The maximum absolute atomic E-state index is 13.5. The first-order valence-electron chi connectivity index (χ1n) is 8.65. The molecule has 0 bridgehead atoms. The third kappa shape index (κ3) is 5.76. The van der Waals surface area contributed by atoms with E-state index < -0.39 is 0 Å². The molecule has 6 heteroatoms. The molecule has 0 spiro atoms. The van der Waals surface area contributed by atoms with Crippen LogP contribution in [0.15, 0.2) is 29.3 Å². The molecule has 2 atom stereocenters. The van der Waals surface area contributed by atoms with Crippen molar-refractivity contribution in [2.75, 3.05) is 40.3 Å². The molecule has 0 radical (unpaired) electrons. The van der Waals surface area contributed by atoms with Crippen LogP contribution in [0, 0.1) is 5.82 Å². The van der Waals surface area contributed by atoms with Gasteiger partial charge in [0.05, 0.1) is 18.7 Å². The van der Waals surface area contributed by atoms with Crippen LogP contribution in [-0.4, -0.2) is 57.3 Å². The highest BCUT2D eigenvalue weighted by atomic mass is 19.1. The molecule has 1 aromatic rings. The molecule has 24 heavy (non-hydrogen) atoms. The number of aliphatic imine (C=N–C) groups is 1. The van der Waals surface area contributed by atoms with Crippen LogP contribution in [-0.2, 0) is 4.74 Å². The van der Waals surface area contributed by atoms with Gasteiger partial charge in [-0.1, -0.05) is 12.1 Å². The fraction of sp³-hybridized carbons (Fsp3) is 0.611. The highest BCUT2D eigenvalue weighted by molar-refractivity contribution is 5.79. The largest absolute Gasteiger partial charge is 0.376 e. The fourth-order valence-electron chi connectivity index (χ4n) is 2.82. The minimum atomic E-state index is -0.216. The summed E-state index contributed by atoms with van der Waals surface area (Å²) in [5.74, 6) is 0.558. The molecule has 2 unspecified atom stereocenters. The van der Waals surface area contributed by atoms with Gasteiger partial charge >= 0.3 is 0 Å². The number of hydrogen-bond donors (Lipinski definition) is 2. The molecular formula is C18H29FN4O. The van der Waals surface area contributed by atoms with Crippen LogP contribution in [0.4, 0.5) is 4.39 Å². The van der Waals surface area contributed by atoms with E-state index in [4.69, 9.17) is 4.74 Å². The third-order valence-electron chi connectivity index (χ3n) is 4.14. The zero-order valence-corrected chi connectivity index (χ0v) is 14.9. The highest BCUT2D eigenvalue weighted by Gasteiger charge is 2.17. The van der Waals surface area contributed by atoms with E-state index in [0.29, 0.717) is 6.54 Å². The van der Waals surface area contributed by atoms with Gasteiger partial charge in [-0.15, -0.1) is 0 Å². The Balaban J connectivity index is 2.00. The summed E-state index contributed by atoms with van der Waals surface area (Å²) in [4.78, 5) is 6.73. The van der Waals surface area contributed by atoms with Crippen molar-refractivity contribution in [3.63, 3.8) is 0 Å². The number of nitrogens with zero attached hydrogens (tertiary/aromatic N) is 2. The molecule has 2 rings (SSSR count). The first-order valence-corrected chi connectivity index (χ1v) is 8.65. The van der Waals surface area contributed by atoms with Gasteiger partial charge in [0.15, 0.2) is 5.96 Å². The fourth-order valence-corrected chi connectivity index (χ4v) is 2.82. The summed E-state index contributed by atoms with van der Waals surface area (Å²) >= 11 is 0. The Hall–Kier alpha value is -1.66. The number of likely N-dealkylation sites (N-methyl/N-ethyl adjacent to an activating group) is 1. The van der Waals surface area contributed by atoms with Crippen molar-refractivity contribution < 1.29 is 9.13 Å². The number of rotatable bonds is 7. The summed E-state index contributed by atoms with van der Waals surface area (Å²) in [6.45, 7) is 5.00. The lowest BCUT2D eigenvalue weighted by Crippen LogP contribution is -2.41. The Bertz CT molecular complexity index is 530. The monoisotopic (exact) mass is 336 g/mol. The van der Waals surface area contributed by atoms with E-state index in [1.165, 1.54) is 6.07 Å². The van der Waals surface area contributed by atoms with Crippen LogP contribution < -0.4 is 10.6 Å². The smallest absolute Gasteiger partial charge is 0.191 e. The average molecular weight is 336 g/mol. The zero-order valence-electron chi connectivity index (χ0n) is 14.9. The van der Waals surface area contributed by atoms with Crippen LogP contribution in [0.1, 0.15) is 31.4 Å². The minimum absolute atomic E-state index is 0.0267. The molecule has 0 saturated carbocycles. The van der Waals surface area contributed by atoms with Gasteiger partial charge in [-0.2, -0.15) is 0 Å². The summed E-state index contributed by atoms with van der Waals surface area (Å²) in [5, 5.41) is 6.60. The molecule has 1 heterocycles. The van der Waals surface area contributed by atoms with Crippen molar-refractivity contribution in [1.82, 2.24) is 15.5 Å². The molecular weight excluding hydrogens is 307 g/mol. The molecule has 2 N–H and O–H groups in total. The molecule has 0 amide bonds. The van der Waals surface area contributed by atoms with Crippen LogP contribution in [0.25, 0.3) is 0 Å². The second-order valence-corrected chi connectivity index (χ2v) is 6.27. The summed E-state index contributed by atoms with van der Waals surface area (Å²) in [7, 11) is 3.97. The molecule has 1 fully saturated rings. The van der Waals surface area contributed by atoms with Crippen LogP contribution in [0.5, 0.6) is 0 Å². The Labute approximate surface area is 144 Å². The lowest BCUT2D eigenvalue weighted by Gasteiger charge is -2.24. The molecule has 0 aliphatic carbocycles. The Morgan fingerprint density at radius 2 is 2.25 bits per heavy atom. The number of hydrogen-bond acceptors (Lipinski definition) is 3. The summed E-state index contributed by atoms with van der Waals surface area (Å²) in [6, 6.07) is 6.75. The standard InChI is InChI=1S/C18H29FN4O/c1-4-20-18(21-12-16-9-6-10-24-16)22-13-17(23(2)3)14-7-5-8-15(19)11-14/h5,7-8,11,16-17H,4,6,9-10,12-13H2,1-3H3,(H2,20,21,22). The van der Waals surface area contributed by atoms with E-state index >= 15 is 0 Å². The van der Waals surface area contributed by atoms with Crippen molar-refractivity contribution >= 4 is 5.96 Å². The van der Waals surface area contributed by atoms with E-state index in [1.807, 2.05) is 27.1 Å². The molecule has 1 aromatic carbocycles.